The fourth-order valence-electron chi connectivity index (χ4n) is 2.91. The number of carbonyl (C=O) groups is 2. The zero-order chi connectivity index (χ0) is 16.2. The lowest BCUT2D eigenvalue weighted by Gasteiger charge is -2.22. The number of thiophene rings is 1. The number of carbonyl (C=O) groups excluding carboxylic acids is 2. The van der Waals surface area contributed by atoms with E-state index in [0.717, 1.165) is 5.56 Å². The molecule has 0 N–H and O–H groups in total. The van der Waals surface area contributed by atoms with Gasteiger partial charge in [-0.3, -0.25) is 19.4 Å². The molecule has 1 aliphatic rings. The Hall–Kier alpha value is -1.98. The number of imide groups is 1. The molecule has 23 heavy (non-hydrogen) atoms. The Morgan fingerprint density at radius 3 is 2.65 bits per heavy atom. The van der Waals surface area contributed by atoms with Gasteiger partial charge in [0, 0.05) is 13.1 Å². The average molecular weight is 328 g/mol. The fourth-order valence-corrected chi connectivity index (χ4v) is 3.57. The van der Waals surface area contributed by atoms with E-state index >= 15 is 0 Å². The van der Waals surface area contributed by atoms with Crippen molar-refractivity contribution in [1.82, 2.24) is 9.80 Å². The second-order valence-electron chi connectivity index (χ2n) is 5.89. The van der Waals surface area contributed by atoms with Crippen molar-refractivity contribution < 1.29 is 9.59 Å². The first-order valence-electron chi connectivity index (χ1n) is 7.74. The number of hydrogen-bond donors (Lipinski definition) is 0. The van der Waals surface area contributed by atoms with Gasteiger partial charge in [0.1, 0.15) is 0 Å². The molecule has 2 aromatic rings. The molecule has 1 saturated heterocycles. The molecular formula is C18H20N2O2S. The van der Waals surface area contributed by atoms with Gasteiger partial charge in [-0.1, -0.05) is 30.3 Å². The Morgan fingerprint density at radius 1 is 1.17 bits per heavy atom. The molecule has 3 rings (SSSR count). The molecule has 2 heterocycles. The first-order valence-corrected chi connectivity index (χ1v) is 8.69. The van der Waals surface area contributed by atoms with E-state index in [9.17, 15) is 9.59 Å². The summed E-state index contributed by atoms with van der Waals surface area (Å²) in [6, 6.07) is 11.7. The number of likely N-dealkylation sites (tertiary alicyclic amines) is 1. The van der Waals surface area contributed by atoms with Crippen LogP contribution < -0.4 is 0 Å². The van der Waals surface area contributed by atoms with Gasteiger partial charge in [0.05, 0.1) is 12.5 Å². The van der Waals surface area contributed by atoms with Crippen LogP contribution in [0.2, 0.25) is 0 Å². The Labute approximate surface area is 140 Å². The molecule has 1 atom stereocenters. The highest BCUT2D eigenvalue weighted by molar-refractivity contribution is 7.07. The molecule has 1 aromatic carbocycles. The van der Waals surface area contributed by atoms with E-state index in [1.807, 2.05) is 47.7 Å². The molecule has 1 unspecified atom stereocenters. The van der Waals surface area contributed by atoms with Crippen molar-refractivity contribution in [2.24, 2.45) is 0 Å². The van der Waals surface area contributed by atoms with Gasteiger partial charge in [-0.05, 0) is 41.4 Å². The molecule has 0 bridgehead atoms. The largest absolute Gasteiger partial charge is 0.290 e. The Balaban J connectivity index is 1.60. The summed E-state index contributed by atoms with van der Waals surface area (Å²) in [6.07, 6.45) is 0.994. The zero-order valence-electron chi connectivity index (χ0n) is 13.1. The first kappa shape index (κ1) is 15.9. The van der Waals surface area contributed by atoms with Crippen molar-refractivity contribution in [3.05, 3.63) is 58.3 Å². The van der Waals surface area contributed by atoms with E-state index in [4.69, 9.17) is 0 Å². The standard InChI is InChI=1S/C18H20N2O2S/c1-19(12-15-8-10-23-13-15)16-11-17(21)20(18(16)22)9-7-14-5-3-2-4-6-14/h2-6,8,10,13,16H,7,9,11-12H2,1H3. The van der Waals surface area contributed by atoms with Gasteiger partial charge in [-0.2, -0.15) is 11.3 Å². The summed E-state index contributed by atoms with van der Waals surface area (Å²) in [4.78, 5) is 28.2. The van der Waals surface area contributed by atoms with Gasteiger partial charge in [-0.25, -0.2) is 0 Å². The molecule has 1 aromatic heterocycles. The van der Waals surface area contributed by atoms with E-state index in [-0.39, 0.29) is 24.3 Å². The predicted octanol–water partition coefficient (Wildman–Crippen LogP) is 2.55. The number of hydrogen-bond acceptors (Lipinski definition) is 4. The minimum absolute atomic E-state index is 0.0619. The van der Waals surface area contributed by atoms with Gasteiger partial charge in [0.15, 0.2) is 0 Å². The van der Waals surface area contributed by atoms with Crippen LogP contribution in [0.3, 0.4) is 0 Å². The molecule has 120 valence electrons. The molecular weight excluding hydrogens is 308 g/mol. The normalized spacial score (nSPS) is 18.2. The van der Waals surface area contributed by atoms with Crippen LogP contribution in [-0.4, -0.2) is 41.2 Å². The van der Waals surface area contributed by atoms with Crippen molar-refractivity contribution in [2.75, 3.05) is 13.6 Å². The van der Waals surface area contributed by atoms with E-state index in [1.165, 1.54) is 10.5 Å². The SMILES string of the molecule is CN(Cc1ccsc1)C1CC(=O)N(CCc2ccccc2)C1=O. The van der Waals surface area contributed by atoms with Gasteiger partial charge >= 0.3 is 0 Å². The Bertz CT molecular complexity index is 670. The summed E-state index contributed by atoms with van der Waals surface area (Å²) >= 11 is 1.64. The third kappa shape index (κ3) is 3.68. The van der Waals surface area contributed by atoms with Crippen LogP contribution >= 0.6 is 11.3 Å². The fraction of sp³-hybridized carbons (Fsp3) is 0.333. The third-order valence-corrected chi connectivity index (χ3v) is 4.96. The molecule has 1 aliphatic heterocycles. The third-order valence-electron chi connectivity index (χ3n) is 4.23. The molecule has 1 fully saturated rings. The average Bonchev–Trinajstić information content (AvgIpc) is 3.15. The summed E-state index contributed by atoms with van der Waals surface area (Å²) in [5, 5.41) is 4.10. The lowest BCUT2D eigenvalue weighted by molar-refractivity contribution is -0.139. The smallest absolute Gasteiger partial charge is 0.247 e. The molecule has 0 radical (unpaired) electrons. The maximum Gasteiger partial charge on any atom is 0.247 e. The lowest BCUT2D eigenvalue weighted by Crippen LogP contribution is -2.40. The maximum atomic E-state index is 12.6. The molecule has 0 spiro atoms. The van der Waals surface area contributed by atoms with E-state index in [2.05, 4.69) is 11.4 Å². The van der Waals surface area contributed by atoms with Crippen LogP contribution in [0.4, 0.5) is 0 Å². The molecule has 2 amide bonds. The van der Waals surface area contributed by atoms with Crippen LogP contribution in [-0.2, 0) is 22.6 Å². The highest BCUT2D eigenvalue weighted by Gasteiger charge is 2.40. The summed E-state index contributed by atoms with van der Waals surface area (Å²) in [5.41, 5.74) is 2.32. The highest BCUT2D eigenvalue weighted by Crippen LogP contribution is 2.20. The van der Waals surface area contributed by atoms with Crippen LogP contribution in [0.25, 0.3) is 0 Å². The Morgan fingerprint density at radius 2 is 1.96 bits per heavy atom. The quantitative estimate of drug-likeness (QED) is 0.765. The monoisotopic (exact) mass is 328 g/mol. The van der Waals surface area contributed by atoms with Crippen molar-refractivity contribution >= 4 is 23.2 Å². The van der Waals surface area contributed by atoms with Crippen LogP contribution in [0.5, 0.6) is 0 Å². The zero-order valence-corrected chi connectivity index (χ0v) is 14.0. The van der Waals surface area contributed by atoms with E-state index in [0.29, 0.717) is 19.5 Å². The molecule has 0 aliphatic carbocycles. The number of amides is 2. The summed E-state index contributed by atoms with van der Waals surface area (Å²) in [7, 11) is 1.91. The van der Waals surface area contributed by atoms with Crippen molar-refractivity contribution in [2.45, 2.75) is 25.4 Å². The summed E-state index contributed by atoms with van der Waals surface area (Å²) in [5.74, 6) is -0.128. The predicted molar refractivity (Wildman–Crippen MR) is 91.1 cm³/mol. The minimum atomic E-state index is -0.335. The second kappa shape index (κ2) is 7.06. The number of rotatable bonds is 6. The Kier molecular flexibility index (Phi) is 4.88. The van der Waals surface area contributed by atoms with Crippen LogP contribution in [0.15, 0.2) is 47.2 Å². The van der Waals surface area contributed by atoms with Gasteiger partial charge < -0.3 is 0 Å². The number of benzene rings is 1. The van der Waals surface area contributed by atoms with Crippen molar-refractivity contribution in [1.29, 1.82) is 0 Å². The van der Waals surface area contributed by atoms with E-state index < -0.39 is 0 Å². The molecule has 4 nitrogen and oxygen atoms in total. The highest BCUT2D eigenvalue weighted by atomic mass is 32.1. The van der Waals surface area contributed by atoms with Gasteiger partial charge in [0.25, 0.3) is 0 Å². The maximum absolute atomic E-state index is 12.6. The minimum Gasteiger partial charge on any atom is -0.290 e. The van der Waals surface area contributed by atoms with Gasteiger partial charge in [-0.15, -0.1) is 0 Å². The number of nitrogens with zero attached hydrogens (tertiary/aromatic N) is 2. The summed E-state index contributed by atoms with van der Waals surface area (Å²) < 4.78 is 0. The van der Waals surface area contributed by atoms with Crippen LogP contribution in [0, 0.1) is 0 Å². The van der Waals surface area contributed by atoms with Gasteiger partial charge in [0.2, 0.25) is 11.8 Å². The molecule has 5 heteroatoms. The molecule has 0 saturated carbocycles. The van der Waals surface area contributed by atoms with Crippen LogP contribution in [0.1, 0.15) is 17.5 Å². The second-order valence-corrected chi connectivity index (χ2v) is 6.67. The van der Waals surface area contributed by atoms with Crippen molar-refractivity contribution in [3.8, 4) is 0 Å². The van der Waals surface area contributed by atoms with Crippen molar-refractivity contribution in [3.63, 3.8) is 0 Å². The lowest BCUT2D eigenvalue weighted by atomic mass is 10.1. The number of likely N-dealkylation sites (N-methyl/N-ethyl adjacent to an activating group) is 1. The first-order chi connectivity index (χ1) is 11.1. The van der Waals surface area contributed by atoms with E-state index in [1.54, 1.807) is 11.3 Å². The topological polar surface area (TPSA) is 40.6 Å². The summed E-state index contributed by atoms with van der Waals surface area (Å²) in [6.45, 7) is 1.16.